The highest BCUT2D eigenvalue weighted by Gasteiger charge is 2.17. The first-order valence-corrected chi connectivity index (χ1v) is 8.50. The zero-order valence-electron chi connectivity index (χ0n) is 13.0. The maximum absolute atomic E-state index is 12.1. The van der Waals surface area contributed by atoms with Crippen LogP contribution in [0.15, 0.2) is 22.9 Å². The molecule has 2 heterocycles. The second kappa shape index (κ2) is 11.0. The predicted octanol–water partition coefficient (Wildman–Crippen LogP) is 2.58. The summed E-state index contributed by atoms with van der Waals surface area (Å²) in [5.74, 6) is -0.127. The lowest BCUT2D eigenvalue weighted by atomic mass is 10.2. The lowest BCUT2D eigenvalue weighted by molar-refractivity contribution is 0.0938. The van der Waals surface area contributed by atoms with Crippen LogP contribution in [0.5, 0.6) is 0 Å². The summed E-state index contributed by atoms with van der Waals surface area (Å²) >= 11 is 3.18. The predicted molar refractivity (Wildman–Crippen MR) is 102 cm³/mol. The number of hydrogen-bond donors (Lipinski definition) is 2. The van der Waals surface area contributed by atoms with Crippen LogP contribution in [0.4, 0.5) is 0 Å². The largest absolute Gasteiger partial charge is 0.349 e. The van der Waals surface area contributed by atoms with Crippen LogP contribution in [-0.4, -0.2) is 43.0 Å². The van der Waals surface area contributed by atoms with Gasteiger partial charge in [-0.1, -0.05) is 6.07 Å². The molecule has 23 heavy (non-hydrogen) atoms. The van der Waals surface area contributed by atoms with Crippen molar-refractivity contribution in [1.82, 2.24) is 15.2 Å². The monoisotopic (exact) mass is 396 g/mol. The van der Waals surface area contributed by atoms with Crippen molar-refractivity contribution in [2.24, 2.45) is 5.73 Å². The van der Waals surface area contributed by atoms with Crippen molar-refractivity contribution < 1.29 is 4.79 Å². The Morgan fingerprint density at radius 3 is 2.70 bits per heavy atom. The van der Waals surface area contributed by atoms with E-state index < -0.39 is 0 Å². The van der Waals surface area contributed by atoms with Gasteiger partial charge in [0.15, 0.2) is 0 Å². The van der Waals surface area contributed by atoms with Crippen LogP contribution in [0.1, 0.15) is 26.4 Å². The van der Waals surface area contributed by atoms with Gasteiger partial charge in [0, 0.05) is 23.2 Å². The Kier molecular flexibility index (Phi) is 10.6. The molecule has 0 radical (unpaired) electrons. The van der Waals surface area contributed by atoms with Gasteiger partial charge in [-0.05, 0) is 32.1 Å². The summed E-state index contributed by atoms with van der Waals surface area (Å²) in [4.78, 5) is 19.8. The van der Waals surface area contributed by atoms with Crippen molar-refractivity contribution >= 4 is 53.4 Å². The van der Waals surface area contributed by atoms with Crippen LogP contribution in [0.25, 0.3) is 0 Å². The van der Waals surface area contributed by atoms with Gasteiger partial charge in [-0.25, -0.2) is 4.98 Å². The van der Waals surface area contributed by atoms with Crippen molar-refractivity contribution in [2.75, 3.05) is 27.2 Å². The molecule has 0 saturated heterocycles. The fraction of sp³-hybridized carbons (Fsp3) is 0.429. The highest BCUT2D eigenvalue weighted by Crippen LogP contribution is 2.22. The smallest absolute Gasteiger partial charge is 0.270 e. The zero-order chi connectivity index (χ0) is 15.2. The molecular formula is C14H22Cl2N4OS2. The fourth-order valence-electron chi connectivity index (χ4n) is 1.95. The van der Waals surface area contributed by atoms with E-state index in [0.29, 0.717) is 25.2 Å². The summed E-state index contributed by atoms with van der Waals surface area (Å²) in [5.41, 5.74) is 5.97. The molecule has 1 atom stereocenters. The van der Waals surface area contributed by atoms with Crippen LogP contribution in [0.2, 0.25) is 0 Å². The Morgan fingerprint density at radius 2 is 2.13 bits per heavy atom. The van der Waals surface area contributed by atoms with Crippen molar-refractivity contribution in [1.29, 1.82) is 0 Å². The number of carbonyl (C=O) groups excluding carboxylic acids is 1. The molecule has 0 aliphatic carbocycles. The molecule has 0 bridgehead atoms. The fourth-order valence-corrected chi connectivity index (χ4v) is 3.67. The number of nitrogens with one attached hydrogen (secondary N) is 1. The van der Waals surface area contributed by atoms with Crippen LogP contribution >= 0.6 is 47.5 Å². The van der Waals surface area contributed by atoms with E-state index in [1.54, 1.807) is 16.7 Å². The number of nitrogens with zero attached hydrogens (tertiary/aromatic N) is 2. The van der Waals surface area contributed by atoms with Gasteiger partial charge in [-0.3, -0.25) is 4.79 Å². The minimum Gasteiger partial charge on any atom is -0.349 e. The van der Waals surface area contributed by atoms with E-state index in [9.17, 15) is 4.79 Å². The van der Waals surface area contributed by atoms with Crippen LogP contribution < -0.4 is 11.1 Å². The first-order valence-electron chi connectivity index (χ1n) is 6.74. The number of hydrogen-bond acceptors (Lipinski definition) is 6. The number of thiazole rings is 1. The van der Waals surface area contributed by atoms with Gasteiger partial charge in [0.1, 0.15) is 5.69 Å². The van der Waals surface area contributed by atoms with E-state index in [0.717, 1.165) is 5.01 Å². The number of likely N-dealkylation sites (N-methyl/N-ethyl adjacent to an activating group) is 1. The highest BCUT2D eigenvalue weighted by atomic mass is 35.5. The third-order valence-electron chi connectivity index (χ3n) is 3.09. The Hall–Kier alpha value is -0.700. The van der Waals surface area contributed by atoms with E-state index in [-0.39, 0.29) is 36.8 Å². The standard InChI is InChI=1S/C14H20N4OS2.2ClH/c1-18(2)11(12-4-3-7-20-12)8-16-14(19)10-9-21-13(17-10)5-6-15;;/h3-4,7,9,11H,5-6,8,15H2,1-2H3,(H,16,19);2*1H. The van der Waals surface area contributed by atoms with Gasteiger partial charge in [-0.2, -0.15) is 0 Å². The van der Waals surface area contributed by atoms with E-state index >= 15 is 0 Å². The van der Waals surface area contributed by atoms with Crippen LogP contribution in [0, 0.1) is 0 Å². The third-order valence-corrected chi connectivity index (χ3v) is 4.98. The molecule has 0 saturated carbocycles. The molecule has 5 nitrogen and oxygen atoms in total. The zero-order valence-corrected chi connectivity index (χ0v) is 16.3. The normalized spacial score (nSPS) is 11.5. The maximum Gasteiger partial charge on any atom is 0.270 e. The SMILES string of the molecule is CN(C)C(CNC(=O)c1csc(CCN)n1)c1cccs1.Cl.Cl. The molecule has 0 aliphatic heterocycles. The number of halogens is 2. The molecule has 9 heteroatoms. The number of rotatable bonds is 7. The minimum absolute atomic E-state index is 0. The minimum atomic E-state index is -0.127. The summed E-state index contributed by atoms with van der Waals surface area (Å²) in [5, 5.41) is 7.71. The number of thiophene rings is 1. The molecule has 0 aliphatic rings. The molecule has 130 valence electrons. The Morgan fingerprint density at radius 1 is 1.39 bits per heavy atom. The average Bonchev–Trinajstić information content (AvgIpc) is 3.10. The summed E-state index contributed by atoms with van der Waals surface area (Å²) in [7, 11) is 4.03. The van der Waals surface area contributed by atoms with Crippen molar-refractivity contribution in [3.63, 3.8) is 0 Å². The molecule has 0 fully saturated rings. The molecule has 3 N–H and O–H groups in total. The Bertz CT molecular complexity index is 575. The van der Waals surface area contributed by atoms with E-state index in [1.807, 2.05) is 25.5 Å². The Labute approximate surface area is 157 Å². The summed E-state index contributed by atoms with van der Waals surface area (Å²) in [6, 6.07) is 4.29. The summed E-state index contributed by atoms with van der Waals surface area (Å²) < 4.78 is 0. The van der Waals surface area contributed by atoms with Gasteiger partial charge >= 0.3 is 0 Å². The second-order valence-corrected chi connectivity index (χ2v) is 6.79. The lowest BCUT2D eigenvalue weighted by Crippen LogP contribution is -2.34. The average molecular weight is 397 g/mol. The van der Waals surface area contributed by atoms with E-state index in [2.05, 4.69) is 21.3 Å². The highest BCUT2D eigenvalue weighted by molar-refractivity contribution is 7.10. The van der Waals surface area contributed by atoms with Crippen LogP contribution in [-0.2, 0) is 6.42 Å². The van der Waals surface area contributed by atoms with Gasteiger partial charge in [0.25, 0.3) is 5.91 Å². The van der Waals surface area contributed by atoms with Gasteiger partial charge < -0.3 is 16.0 Å². The molecule has 1 unspecified atom stereocenters. The summed E-state index contributed by atoms with van der Waals surface area (Å²) in [6.45, 7) is 1.12. The van der Waals surface area contributed by atoms with Gasteiger partial charge in [0.2, 0.25) is 0 Å². The van der Waals surface area contributed by atoms with Crippen LogP contribution in [0.3, 0.4) is 0 Å². The second-order valence-electron chi connectivity index (χ2n) is 4.87. The van der Waals surface area contributed by atoms with Crippen molar-refractivity contribution in [3.05, 3.63) is 38.5 Å². The number of amides is 1. The van der Waals surface area contributed by atoms with Crippen molar-refractivity contribution in [3.8, 4) is 0 Å². The first-order chi connectivity index (χ1) is 10.1. The van der Waals surface area contributed by atoms with Gasteiger partial charge in [0.05, 0.1) is 11.0 Å². The number of nitrogens with two attached hydrogens (primary N) is 1. The topological polar surface area (TPSA) is 71.2 Å². The Balaban J connectivity index is 0.00000242. The van der Waals surface area contributed by atoms with Gasteiger partial charge in [-0.15, -0.1) is 47.5 Å². The lowest BCUT2D eigenvalue weighted by Gasteiger charge is -2.23. The molecule has 0 aromatic carbocycles. The maximum atomic E-state index is 12.1. The van der Waals surface area contributed by atoms with E-state index in [4.69, 9.17) is 5.73 Å². The molecular weight excluding hydrogens is 375 g/mol. The molecule has 1 amide bonds. The quantitative estimate of drug-likeness (QED) is 0.754. The molecule has 2 aromatic rings. The molecule has 0 spiro atoms. The first kappa shape index (κ1) is 22.3. The van der Waals surface area contributed by atoms with Crippen molar-refractivity contribution in [2.45, 2.75) is 12.5 Å². The molecule has 2 rings (SSSR count). The number of carbonyl (C=O) groups is 1. The third kappa shape index (κ3) is 6.37. The molecule has 2 aromatic heterocycles. The summed E-state index contributed by atoms with van der Waals surface area (Å²) in [6.07, 6.45) is 0.716. The van der Waals surface area contributed by atoms with E-state index in [1.165, 1.54) is 16.2 Å². The number of aromatic nitrogens is 1.